The third kappa shape index (κ3) is 3.22. The third-order valence-electron chi connectivity index (χ3n) is 3.09. The zero-order chi connectivity index (χ0) is 14.8. The minimum atomic E-state index is 0.493. The van der Waals surface area contributed by atoms with Crippen molar-refractivity contribution < 1.29 is 4.74 Å². The minimum absolute atomic E-state index is 0.493. The molecule has 0 radical (unpaired) electrons. The Morgan fingerprint density at radius 3 is 2.90 bits per heavy atom. The molecule has 0 amide bonds. The van der Waals surface area contributed by atoms with Crippen molar-refractivity contribution in [3.8, 4) is 5.75 Å². The van der Waals surface area contributed by atoms with Crippen LogP contribution in [0.2, 0.25) is 0 Å². The molecular weight excluding hydrogens is 302 g/mol. The van der Waals surface area contributed by atoms with E-state index >= 15 is 0 Å². The van der Waals surface area contributed by atoms with E-state index in [0.717, 1.165) is 33.4 Å². The third-order valence-corrected chi connectivity index (χ3v) is 5.19. The van der Waals surface area contributed by atoms with Gasteiger partial charge in [0.15, 0.2) is 5.16 Å². The van der Waals surface area contributed by atoms with Crippen LogP contribution in [-0.4, -0.2) is 22.1 Å². The van der Waals surface area contributed by atoms with Crippen molar-refractivity contribution in [2.45, 2.75) is 30.7 Å². The van der Waals surface area contributed by atoms with Gasteiger partial charge in [-0.15, -0.1) is 11.3 Å². The first kappa shape index (κ1) is 14.4. The molecule has 0 saturated heterocycles. The van der Waals surface area contributed by atoms with Gasteiger partial charge in [0.25, 0.3) is 0 Å². The Hall–Kier alpha value is -1.53. The van der Waals surface area contributed by atoms with Crippen molar-refractivity contribution in [2.24, 2.45) is 0 Å². The van der Waals surface area contributed by atoms with Crippen molar-refractivity contribution in [2.75, 3.05) is 7.11 Å². The highest BCUT2D eigenvalue weighted by atomic mass is 32.2. The molecular formula is C15H17N3OS2. The fourth-order valence-corrected chi connectivity index (χ4v) is 3.68. The van der Waals surface area contributed by atoms with Gasteiger partial charge in [-0.1, -0.05) is 25.6 Å². The molecule has 6 heteroatoms. The van der Waals surface area contributed by atoms with Crippen LogP contribution >= 0.6 is 23.1 Å². The van der Waals surface area contributed by atoms with Crippen LogP contribution in [0.5, 0.6) is 5.75 Å². The van der Waals surface area contributed by atoms with Crippen molar-refractivity contribution in [3.63, 3.8) is 0 Å². The second-order valence-corrected chi connectivity index (χ2v) is 6.90. The summed E-state index contributed by atoms with van der Waals surface area (Å²) in [5.74, 6) is 2.16. The highest BCUT2D eigenvalue weighted by molar-refractivity contribution is 7.98. The molecule has 4 nitrogen and oxygen atoms in total. The van der Waals surface area contributed by atoms with Crippen LogP contribution in [0.3, 0.4) is 0 Å². The summed E-state index contributed by atoms with van der Waals surface area (Å²) in [7, 11) is 1.67. The number of nitrogens with one attached hydrogen (secondary N) is 1. The number of imidazole rings is 1. The van der Waals surface area contributed by atoms with E-state index in [1.165, 1.54) is 5.01 Å². The second kappa shape index (κ2) is 6.07. The molecule has 0 saturated carbocycles. The Balaban J connectivity index is 1.72. The lowest BCUT2D eigenvalue weighted by molar-refractivity contribution is 0.415. The van der Waals surface area contributed by atoms with Gasteiger partial charge in [0.2, 0.25) is 0 Å². The van der Waals surface area contributed by atoms with Gasteiger partial charge in [-0.2, -0.15) is 0 Å². The van der Waals surface area contributed by atoms with Crippen molar-refractivity contribution in [1.29, 1.82) is 0 Å². The summed E-state index contributed by atoms with van der Waals surface area (Å²) in [6.45, 7) is 4.34. The molecule has 0 bridgehead atoms. The van der Waals surface area contributed by atoms with E-state index in [0.29, 0.717) is 5.92 Å². The Kier molecular flexibility index (Phi) is 4.17. The Morgan fingerprint density at radius 2 is 2.19 bits per heavy atom. The molecule has 0 spiro atoms. The molecule has 2 aromatic heterocycles. The van der Waals surface area contributed by atoms with Gasteiger partial charge in [0.1, 0.15) is 5.75 Å². The van der Waals surface area contributed by atoms with Gasteiger partial charge >= 0.3 is 0 Å². The molecule has 0 aliphatic heterocycles. The zero-order valence-electron chi connectivity index (χ0n) is 12.2. The van der Waals surface area contributed by atoms with E-state index in [9.17, 15) is 0 Å². The Bertz CT molecular complexity index is 748. The predicted molar refractivity (Wildman–Crippen MR) is 88.4 cm³/mol. The first-order valence-corrected chi connectivity index (χ1v) is 8.63. The number of hydrogen-bond acceptors (Lipinski definition) is 5. The second-order valence-electron chi connectivity index (χ2n) is 5.05. The average Bonchev–Trinajstić information content (AvgIpc) is 3.10. The summed E-state index contributed by atoms with van der Waals surface area (Å²) in [6, 6.07) is 5.85. The van der Waals surface area contributed by atoms with Crippen LogP contribution in [0.15, 0.2) is 28.7 Å². The quantitative estimate of drug-likeness (QED) is 0.706. The number of thiazole rings is 1. The van der Waals surface area contributed by atoms with Crippen LogP contribution < -0.4 is 4.74 Å². The van der Waals surface area contributed by atoms with Crippen molar-refractivity contribution >= 4 is 34.1 Å². The highest BCUT2D eigenvalue weighted by Crippen LogP contribution is 2.27. The molecule has 0 atom stereocenters. The van der Waals surface area contributed by atoms with Crippen LogP contribution in [0.25, 0.3) is 11.0 Å². The van der Waals surface area contributed by atoms with Crippen LogP contribution in [0, 0.1) is 0 Å². The van der Waals surface area contributed by atoms with E-state index < -0.39 is 0 Å². The smallest absolute Gasteiger partial charge is 0.166 e. The summed E-state index contributed by atoms with van der Waals surface area (Å²) < 4.78 is 5.22. The average molecular weight is 319 g/mol. The topological polar surface area (TPSA) is 50.8 Å². The monoisotopic (exact) mass is 319 g/mol. The van der Waals surface area contributed by atoms with Gasteiger partial charge in [-0.25, -0.2) is 9.97 Å². The Labute approximate surface area is 132 Å². The lowest BCUT2D eigenvalue weighted by Gasteiger charge is -1.97. The molecule has 1 aromatic carbocycles. The predicted octanol–water partition coefficient (Wildman–Crippen LogP) is 4.44. The zero-order valence-corrected chi connectivity index (χ0v) is 13.8. The van der Waals surface area contributed by atoms with E-state index in [2.05, 4.69) is 34.2 Å². The number of H-pyrrole nitrogens is 1. The summed E-state index contributed by atoms with van der Waals surface area (Å²) in [4.78, 5) is 12.5. The summed E-state index contributed by atoms with van der Waals surface area (Å²) in [6.07, 6.45) is 0. The lowest BCUT2D eigenvalue weighted by atomic mass is 10.2. The number of fused-ring (bicyclic) bond motifs is 1. The number of hydrogen-bond donors (Lipinski definition) is 1. The number of aromatic amines is 1. The number of ether oxygens (including phenoxy) is 1. The van der Waals surface area contributed by atoms with E-state index in [-0.39, 0.29) is 0 Å². The maximum Gasteiger partial charge on any atom is 0.166 e. The molecule has 0 unspecified atom stereocenters. The molecule has 3 rings (SSSR count). The first-order valence-electron chi connectivity index (χ1n) is 6.76. The number of rotatable bonds is 5. The molecule has 1 N–H and O–H groups in total. The van der Waals surface area contributed by atoms with E-state index in [1.54, 1.807) is 30.2 Å². The Morgan fingerprint density at radius 1 is 1.33 bits per heavy atom. The number of aromatic nitrogens is 3. The fraction of sp³-hybridized carbons (Fsp3) is 0.333. The highest BCUT2D eigenvalue weighted by Gasteiger charge is 2.08. The number of nitrogens with zero attached hydrogens (tertiary/aromatic N) is 2. The normalized spacial score (nSPS) is 11.4. The summed E-state index contributed by atoms with van der Waals surface area (Å²) >= 11 is 3.41. The standard InChI is InChI=1S/C15H17N3OS2/c1-9(2)14-16-10(7-20-14)8-21-15-17-12-5-4-11(19-3)6-13(12)18-15/h4-7,9H,8H2,1-3H3,(H,17,18). The van der Waals surface area contributed by atoms with Gasteiger partial charge in [0.05, 0.1) is 28.8 Å². The minimum Gasteiger partial charge on any atom is -0.497 e. The van der Waals surface area contributed by atoms with Crippen LogP contribution in [0.1, 0.15) is 30.5 Å². The largest absolute Gasteiger partial charge is 0.497 e. The fourth-order valence-electron chi connectivity index (χ4n) is 1.96. The summed E-state index contributed by atoms with van der Waals surface area (Å²) in [5, 5.41) is 4.24. The summed E-state index contributed by atoms with van der Waals surface area (Å²) in [5.41, 5.74) is 3.07. The van der Waals surface area contributed by atoms with E-state index in [1.807, 2.05) is 18.2 Å². The maximum absolute atomic E-state index is 5.22. The van der Waals surface area contributed by atoms with Crippen LogP contribution in [0.4, 0.5) is 0 Å². The van der Waals surface area contributed by atoms with Gasteiger partial charge in [-0.3, -0.25) is 0 Å². The lowest BCUT2D eigenvalue weighted by Crippen LogP contribution is -1.87. The molecule has 2 heterocycles. The first-order chi connectivity index (χ1) is 10.2. The number of methoxy groups -OCH3 is 1. The van der Waals surface area contributed by atoms with Crippen molar-refractivity contribution in [3.05, 3.63) is 34.3 Å². The van der Waals surface area contributed by atoms with Gasteiger partial charge < -0.3 is 9.72 Å². The maximum atomic E-state index is 5.22. The SMILES string of the molecule is COc1ccc2nc(SCc3csc(C(C)C)n3)[nH]c2c1. The molecule has 0 aliphatic rings. The van der Waals surface area contributed by atoms with Gasteiger partial charge in [-0.05, 0) is 12.1 Å². The van der Waals surface area contributed by atoms with E-state index in [4.69, 9.17) is 4.74 Å². The molecule has 21 heavy (non-hydrogen) atoms. The number of benzene rings is 1. The number of thioether (sulfide) groups is 1. The van der Waals surface area contributed by atoms with Crippen LogP contribution in [-0.2, 0) is 5.75 Å². The molecule has 0 fully saturated rings. The molecule has 3 aromatic rings. The molecule has 110 valence electrons. The van der Waals surface area contributed by atoms with Crippen molar-refractivity contribution in [1.82, 2.24) is 15.0 Å². The molecule has 0 aliphatic carbocycles. The van der Waals surface area contributed by atoms with Gasteiger partial charge in [0, 0.05) is 23.1 Å².